The van der Waals surface area contributed by atoms with Crippen LogP contribution in [0, 0.1) is 0 Å². The molecule has 0 aliphatic rings. The number of hydrogen-bond donors (Lipinski definition) is 3. The summed E-state index contributed by atoms with van der Waals surface area (Å²) in [4.78, 5) is 13.4. The molecule has 0 saturated heterocycles. The van der Waals surface area contributed by atoms with Gasteiger partial charge in [-0.1, -0.05) is 6.07 Å². The Morgan fingerprint density at radius 3 is 3.07 bits per heavy atom. The van der Waals surface area contributed by atoms with Crippen molar-refractivity contribution in [3.63, 3.8) is 0 Å². The number of aromatic nitrogens is 1. The summed E-state index contributed by atoms with van der Waals surface area (Å²) in [7, 11) is 1.65. The highest BCUT2D eigenvalue weighted by Crippen LogP contribution is 2.16. The molecule has 2 aromatic rings. The van der Waals surface area contributed by atoms with E-state index in [4.69, 9.17) is 4.42 Å². The summed E-state index contributed by atoms with van der Waals surface area (Å²) >= 11 is 0. The number of nitrogens with one attached hydrogen (secondary N) is 2. The third-order valence-corrected chi connectivity index (χ3v) is 2.03. The zero-order chi connectivity index (χ0) is 10.1. The van der Waals surface area contributed by atoms with Crippen molar-refractivity contribution in [2.24, 2.45) is 0 Å². The Labute approximate surface area is 79.4 Å². The minimum absolute atomic E-state index is 0.488. The summed E-state index contributed by atoms with van der Waals surface area (Å²) in [5.41, 5.74) is 1.75. The molecule has 1 atom stereocenters. The second-order valence-electron chi connectivity index (χ2n) is 2.96. The van der Waals surface area contributed by atoms with Gasteiger partial charge in [-0.25, -0.2) is 4.79 Å². The fourth-order valence-corrected chi connectivity index (χ4v) is 1.31. The van der Waals surface area contributed by atoms with Crippen LogP contribution in [0.5, 0.6) is 0 Å². The monoisotopic (exact) mass is 194 g/mol. The van der Waals surface area contributed by atoms with Crippen molar-refractivity contribution in [2.75, 3.05) is 7.05 Å². The van der Waals surface area contributed by atoms with E-state index in [0.717, 1.165) is 0 Å². The predicted molar refractivity (Wildman–Crippen MR) is 50.9 cm³/mol. The largest absolute Gasteiger partial charge is 0.417 e. The van der Waals surface area contributed by atoms with Crippen molar-refractivity contribution in [3.05, 3.63) is 34.3 Å². The number of aliphatic hydroxyl groups is 1. The summed E-state index contributed by atoms with van der Waals surface area (Å²) in [5.74, 6) is -0.490. The summed E-state index contributed by atoms with van der Waals surface area (Å²) in [6.07, 6.45) is -0.738. The SMILES string of the molecule is CNC(O)c1ccc2oc(=O)[nH]c2c1. The van der Waals surface area contributed by atoms with E-state index in [2.05, 4.69) is 10.3 Å². The van der Waals surface area contributed by atoms with Gasteiger partial charge in [-0.3, -0.25) is 10.3 Å². The topological polar surface area (TPSA) is 78.3 Å². The number of benzene rings is 1. The van der Waals surface area contributed by atoms with Gasteiger partial charge >= 0.3 is 5.76 Å². The van der Waals surface area contributed by atoms with Gasteiger partial charge < -0.3 is 9.52 Å². The fourth-order valence-electron chi connectivity index (χ4n) is 1.31. The molecule has 1 heterocycles. The van der Waals surface area contributed by atoms with E-state index in [1.54, 1.807) is 25.2 Å². The first-order chi connectivity index (χ1) is 6.70. The van der Waals surface area contributed by atoms with Crippen LogP contribution in [0.1, 0.15) is 11.8 Å². The van der Waals surface area contributed by atoms with Crippen molar-refractivity contribution in [2.45, 2.75) is 6.23 Å². The molecular formula is C9H10N2O3. The van der Waals surface area contributed by atoms with E-state index in [9.17, 15) is 9.90 Å². The molecule has 74 valence electrons. The Kier molecular flexibility index (Phi) is 2.11. The maximum Gasteiger partial charge on any atom is 0.417 e. The minimum Gasteiger partial charge on any atom is -0.408 e. The van der Waals surface area contributed by atoms with Crippen LogP contribution in [0.15, 0.2) is 27.4 Å². The number of rotatable bonds is 2. The molecule has 2 rings (SSSR count). The highest BCUT2D eigenvalue weighted by atomic mass is 16.4. The Morgan fingerprint density at radius 1 is 1.57 bits per heavy atom. The van der Waals surface area contributed by atoms with Gasteiger partial charge in [0.05, 0.1) is 5.52 Å². The van der Waals surface area contributed by atoms with E-state index >= 15 is 0 Å². The van der Waals surface area contributed by atoms with Crippen molar-refractivity contribution >= 4 is 11.1 Å². The van der Waals surface area contributed by atoms with Crippen molar-refractivity contribution in [1.82, 2.24) is 10.3 Å². The third kappa shape index (κ3) is 1.43. The summed E-state index contributed by atoms with van der Waals surface area (Å²) in [6.45, 7) is 0. The van der Waals surface area contributed by atoms with Gasteiger partial charge in [-0.15, -0.1) is 0 Å². The van der Waals surface area contributed by atoms with Crippen LogP contribution in [0.3, 0.4) is 0 Å². The summed E-state index contributed by atoms with van der Waals surface area (Å²) < 4.78 is 4.82. The minimum atomic E-state index is -0.738. The molecule has 0 amide bonds. The van der Waals surface area contributed by atoms with Crippen molar-refractivity contribution in [3.8, 4) is 0 Å². The molecule has 5 nitrogen and oxygen atoms in total. The van der Waals surface area contributed by atoms with Gasteiger partial charge in [-0.05, 0) is 24.7 Å². The highest BCUT2D eigenvalue weighted by molar-refractivity contribution is 5.72. The Balaban J connectivity index is 2.55. The number of aromatic amines is 1. The molecule has 1 unspecified atom stereocenters. The van der Waals surface area contributed by atoms with Crippen LogP contribution in [-0.4, -0.2) is 17.1 Å². The van der Waals surface area contributed by atoms with Gasteiger partial charge in [0.15, 0.2) is 5.58 Å². The lowest BCUT2D eigenvalue weighted by Crippen LogP contribution is -2.14. The molecule has 1 aromatic heterocycles. The van der Waals surface area contributed by atoms with E-state index in [-0.39, 0.29) is 0 Å². The number of aliphatic hydroxyl groups excluding tert-OH is 1. The van der Waals surface area contributed by atoms with Crippen molar-refractivity contribution in [1.29, 1.82) is 0 Å². The quantitative estimate of drug-likeness (QED) is 0.602. The zero-order valence-corrected chi connectivity index (χ0v) is 7.57. The Morgan fingerprint density at radius 2 is 2.36 bits per heavy atom. The molecule has 0 aliphatic heterocycles. The maximum absolute atomic E-state index is 10.8. The lowest BCUT2D eigenvalue weighted by Gasteiger charge is -2.08. The van der Waals surface area contributed by atoms with Crippen LogP contribution >= 0.6 is 0 Å². The molecule has 14 heavy (non-hydrogen) atoms. The molecule has 0 fully saturated rings. The van der Waals surface area contributed by atoms with Crippen LogP contribution in [0.2, 0.25) is 0 Å². The Hall–Kier alpha value is -1.59. The second-order valence-corrected chi connectivity index (χ2v) is 2.96. The van der Waals surface area contributed by atoms with Gasteiger partial charge in [0.1, 0.15) is 6.23 Å². The van der Waals surface area contributed by atoms with Gasteiger partial charge in [0.25, 0.3) is 0 Å². The zero-order valence-electron chi connectivity index (χ0n) is 7.57. The normalized spacial score (nSPS) is 13.3. The number of oxazole rings is 1. The van der Waals surface area contributed by atoms with E-state index < -0.39 is 12.0 Å². The first-order valence-corrected chi connectivity index (χ1v) is 4.19. The lowest BCUT2D eigenvalue weighted by atomic mass is 10.2. The molecule has 1 aromatic carbocycles. The van der Waals surface area contributed by atoms with Crippen LogP contribution < -0.4 is 11.1 Å². The van der Waals surface area contributed by atoms with Crippen LogP contribution in [0.4, 0.5) is 0 Å². The van der Waals surface area contributed by atoms with Crippen molar-refractivity contribution < 1.29 is 9.52 Å². The van der Waals surface area contributed by atoms with E-state index in [0.29, 0.717) is 16.7 Å². The Bertz CT molecular complexity index is 500. The van der Waals surface area contributed by atoms with Gasteiger partial charge in [-0.2, -0.15) is 0 Å². The highest BCUT2D eigenvalue weighted by Gasteiger charge is 2.07. The number of fused-ring (bicyclic) bond motifs is 1. The van der Waals surface area contributed by atoms with Gasteiger partial charge in [0, 0.05) is 0 Å². The van der Waals surface area contributed by atoms with Crippen LogP contribution in [-0.2, 0) is 0 Å². The number of H-pyrrole nitrogens is 1. The second kappa shape index (κ2) is 3.28. The third-order valence-electron chi connectivity index (χ3n) is 2.03. The van der Waals surface area contributed by atoms with Gasteiger partial charge in [0.2, 0.25) is 0 Å². The lowest BCUT2D eigenvalue weighted by molar-refractivity contribution is 0.149. The summed E-state index contributed by atoms with van der Waals surface area (Å²) in [5, 5.41) is 12.1. The standard InChI is InChI=1S/C9H10N2O3/c1-10-8(12)5-2-3-7-6(4-5)11-9(13)14-7/h2-4,8,10,12H,1H3,(H,11,13). The van der Waals surface area contributed by atoms with Crippen LogP contribution in [0.25, 0.3) is 11.1 Å². The summed E-state index contributed by atoms with van der Waals surface area (Å²) in [6, 6.07) is 5.00. The predicted octanol–water partition coefficient (Wildman–Crippen LogP) is 0.331. The molecule has 0 saturated carbocycles. The average Bonchev–Trinajstić information content (AvgIpc) is 2.55. The smallest absolute Gasteiger partial charge is 0.408 e. The molecule has 0 aliphatic carbocycles. The molecule has 3 N–H and O–H groups in total. The number of hydrogen-bond acceptors (Lipinski definition) is 4. The maximum atomic E-state index is 10.8. The first kappa shape index (κ1) is 8.98. The van der Waals surface area contributed by atoms with E-state index in [1.807, 2.05) is 0 Å². The molecule has 5 heteroatoms. The molecule has 0 bridgehead atoms. The molecule has 0 radical (unpaired) electrons. The molecule has 0 spiro atoms. The van der Waals surface area contributed by atoms with E-state index in [1.165, 1.54) is 0 Å². The first-order valence-electron chi connectivity index (χ1n) is 4.19. The fraction of sp³-hybridized carbons (Fsp3) is 0.222. The average molecular weight is 194 g/mol. The molecular weight excluding hydrogens is 184 g/mol.